The molecular weight excluding hydrogens is 312 g/mol. The van der Waals surface area contributed by atoms with E-state index in [0.29, 0.717) is 22.2 Å². The molecule has 3 N–H and O–H groups in total. The summed E-state index contributed by atoms with van der Waals surface area (Å²) in [6, 6.07) is 5.24. The van der Waals surface area contributed by atoms with E-state index in [2.05, 4.69) is 9.72 Å². The fourth-order valence-corrected chi connectivity index (χ4v) is 2.49. The zero-order valence-corrected chi connectivity index (χ0v) is 13.7. The van der Waals surface area contributed by atoms with Gasteiger partial charge < -0.3 is 20.2 Å². The standard InChI is InChI=1S/C17H20N2O5/c1-3-24-17(22)16-12(9-10(20)7-8-14(21)23-2)11-5-4-6-13(18)15(11)19-16/h4-6,19H,3,7-9,18H2,1-2H3. The molecule has 0 aliphatic rings. The third kappa shape index (κ3) is 3.73. The van der Waals surface area contributed by atoms with Crippen molar-refractivity contribution in [2.75, 3.05) is 19.5 Å². The first-order chi connectivity index (χ1) is 11.5. The Labute approximate surface area is 139 Å². The molecule has 0 aliphatic heterocycles. The number of hydrogen-bond acceptors (Lipinski definition) is 6. The second-order valence-corrected chi connectivity index (χ2v) is 5.26. The van der Waals surface area contributed by atoms with Crippen molar-refractivity contribution >= 4 is 34.3 Å². The molecule has 0 amide bonds. The summed E-state index contributed by atoms with van der Waals surface area (Å²) < 4.78 is 9.57. The number of ether oxygens (including phenoxy) is 2. The van der Waals surface area contributed by atoms with E-state index < -0.39 is 11.9 Å². The summed E-state index contributed by atoms with van der Waals surface area (Å²) in [5.74, 6) is -1.16. The van der Waals surface area contributed by atoms with Crippen LogP contribution in [0.4, 0.5) is 5.69 Å². The van der Waals surface area contributed by atoms with Crippen molar-refractivity contribution in [3.8, 4) is 0 Å². The molecule has 0 saturated carbocycles. The summed E-state index contributed by atoms with van der Waals surface area (Å²) in [5, 5.41) is 0.699. The minimum absolute atomic E-state index is 0.00850. The van der Waals surface area contributed by atoms with Gasteiger partial charge in [0, 0.05) is 18.2 Å². The van der Waals surface area contributed by atoms with E-state index in [1.54, 1.807) is 25.1 Å². The van der Waals surface area contributed by atoms with Crippen LogP contribution < -0.4 is 5.73 Å². The van der Waals surface area contributed by atoms with Gasteiger partial charge in [0.2, 0.25) is 0 Å². The molecule has 128 valence electrons. The Morgan fingerprint density at radius 3 is 2.62 bits per heavy atom. The molecule has 0 saturated heterocycles. The predicted molar refractivity (Wildman–Crippen MR) is 88.6 cm³/mol. The number of nitrogens with two attached hydrogens (primary N) is 1. The first kappa shape index (κ1) is 17.5. The van der Waals surface area contributed by atoms with Crippen LogP contribution in [0.2, 0.25) is 0 Å². The number of hydrogen-bond donors (Lipinski definition) is 2. The fraction of sp³-hybridized carbons (Fsp3) is 0.353. The molecule has 24 heavy (non-hydrogen) atoms. The maximum absolute atomic E-state index is 12.2. The van der Waals surface area contributed by atoms with Crippen molar-refractivity contribution in [2.45, 2.75) is 26.2 Å². The van der Waals surface area contributed by atoms with E-state index >= 15 is 0 Å². The van der Waals surface area contributed by atoms with E-state index in [1.165, 1.54) is 7.11 Å². The second-order valence-electron chi connectivity index (χ2n) is 5.26. The van der Waals surface area contributed by atoms with Crippen LogP contribution in [-0.4, -0.2) is 36.4 Å². The Morgan fingerprint density at radius 2 is 1.96 bits per heavy atom. The van der Waals surface area contributed by atoms with Gasteiger partial charge in [0.1, 0.15) is 11.5 Å². The van der Waals surface area contributed by atoms with Crippen molar-refractivity contribution in [3.05, 3.63) is 29.5 Å². The summed E-state index contributed by atoms with van der Waals surface area (Å²) in [6.45, 7) is 1.93. The number of H-pyrrole nitrogens is 1. The molecule has 0 bridgehead atoms. The highest BCUT2D eigenvalue weighted by molar-refractivity contribution is 6.04. The van der Waals surface area contributed by atoms with Gasteiger partial charge in [-0.25, -0.2) is 4.79 Å². The Balaban J connectivity index is 2.34. The Morgan fingerprint density at radius 1 is 1.21 bits per heavy atom. The van der Waals surface area contributed by atoms with E-state index in [9.17, 15) is 14.4 Å². The van der Waals surface area contributed by atoms with Crippen LogP contribution in [0.15, 0.2) is 18.2 Å². The number of nitrogens with one attached hydrogen (secondary N) is 1. The van der Waals surface area contributed by atoms with Crippen LogP contribution in [0.1, 0.15) is 35.8 Å². The molecule has 0 atom stereocenters. The van der Waals surface area contributed by atoms with Crippen molar-refractivity contribution in [3.63, 3.8) is 0 Å². The Kier molecular flexibility index (Phi) is 5.57. The van der Waals surface area contributed by atoms with Crippen molar-refractivity contribution in [1.29, 1.82) is 0 Å². The SMILES string of the molecule is CCOC(=O)c1[nH]c2c(N)cccc2c1CC(=O)CCC(=O)OC. The number of fused-ring (bicyclic) bond motifs is 1. The molecule has 2 rings (SSSR count). The Bertz CT molecular complexity index is 779. The molecule has 0 aliphatic carbocycles. The molecule has 0 spiro atoms. The van der Waals surface area contributed by atoms with E-state index in [1.807, 2.05) is 0 Å². The van der Waals surface area contributed by atoms with Gasteiger partial charge in [-0.3, -0.25) is 9.59 Å². The maximum atomic E-state index is 12.2. The van der Waals surface area contributed by atoms with Crippen LogP contribution in [0, 0.1) is 0 Å². The normalized spacial score (nSPS) is 10.6. The van der Waals surface area contributed by atoms with Crippen LogP contribution in [0.3, 0.4) is 0 Å². The number of carbonyl (C=O) groups excluding carboxylic acids is 3. The molecular formula is C17H20N2O5. The number of rotatable bonds is 7. The number of methoxy groups -OCH3 is 1. The molecule has 1 aromatic carbocycles. The number of aromatic amines is 1. The molecule has 1 heterocycles. The van der Waals surface area contributed by atoms with E-state index in [4.69, 9.17) is 10.5 Å². The third-order valence-corrected chi connectivity index (χ3v) is 3.66. The quantitative estimate of drug-likeness (QED) is 0.592. The Hall–Kier alpha value is -2.83. The molecule has 2 aromatic rings. The smallest absolute Gasteiger partial charge is 0.355 e. The van der Waals surface area contributed by atoms with E-state index in [0.717, 1.165) is 0 Å². The maximum Gasteiger partial charge on any atom is 0.355 e. The molecule has 7 nitrogen and oxygen atoms in total. The van der Waals surface area contributed by atoms with Crippen LogP contribution in [-0.2, 0) is 25.5 Å². The summed E-state index contributed by atoms with van der Waals surface area (Å²) in [4.78, 5) is 38.5. The minimum Gasteiger partial charge on any atom is -0.469 e. The number of aromatic nitrogens is 1. The average Bonchev–Trinajstić information content (AvgIpc) is 2.93. The zero-order chi connectivity index (χ0) is 17.7. The highest BCUT2D eigenvalue weighted by atomic mass is 16.5. The summed E-state index contributed by atoms with van der Waals surface area (Å²) in [5.41, 5.74) is 7.75. The lowest BCUT2D eigenvalue weighted by molar-refractivity contribution is -0.141. The number of ketones is 1. The lowest BCUT2D eigenvalue weighted by atomic mass is 10.0. The number of nitrogen functional groups attached to an aromatic ring is 1. The van der Waals surface area contributed by atoms with E-state index in [-0.39, 0.29) is 37.3 Å². The second kappa shape index (κ2) is 7.63. The van der Waals surface area contributed by atoms with Gasteiger partial charge in [0.15, 0.2) is 0 Å². The van der Waals surface area contributed by atoms with Gasteiger partial charge in [0.25, 0.3) is 0 Å². The minimum atomic E-state index is -0.538. The van der Waals surface area contributed by atoms with Gasteiger partial charge in [-0.2, -0.15) is 0 Å². The summed E-state index contributed by atoms with van der Waals surface area (Å²) in [7, 11) is 1.27. The molecule has 1 aromatic heterocycles. The van der Waals surface area contributed by atoms with Crippen molar-refractivity contribution < 1.29 is 23.9 Å². The number of esters is 2. The first-order valence-electron chi connectivity index (χ1n) is 7.62. The number of benzene rings is 1. The predicted octanol–water partition coefficient (Wildman–Crippen LogP) is 1.99. The lowest BCUT2D eigenvalue weighted by Gasteiger charge is -2.04. The van der Waals surface area contributed by atoms with Crippen LogP contribution in [0.25, 0.3) is 10.9 Å². The van der Waals surface area contributed by atoms with Crippen LogP contribution >= 0.6 is 0 Å². The third-order valence-electron chi connectivity index (χ3n) is 3.66. The van der Waals surface area contributed by atoms with Crippen LogP contribution in [0.5, 0.6) is 0 Å². The highest BCUT2D eigenvalue weighted by Gasteiger charge is 2.22. The highest BCUT2D eigenvalue weighted by Crippen LogP contribution is 2.28. The lowest BCUT2D eigenvalue weighted by Crippen LogP contribution is -2.12. The van der Waals surface area contributed by atoms with Crippen molar-refractivity contribution in [1.82, 2.24) is 4.98 Å². The fourth-order valence-electron chi connectivity index (χ4n) is 2.49. The van der Waals surface area contributed by atoms with Gasteiger partial charge in [-0.05, 0) is 18.6 Å². The summed E-state index contributed by atoms with van der Waals surface area (Å²) >= 11 is 0. The monoisotopic (exact) mass is 332 g/mol. The molecule has 7 heteroatoms. The number of anilines is 1. The number of Topliss-reactive ketones (excluding diaryl/α,β-unsaturated/α-hetero) is 1. The summed E-state index contributed by atoms with van der Waals surface area (Å²) in [6.07, 6.45) is 0.0626. The molecule has 0 unspecified atom stereocenters. The average molecular weight is 332 g/mol. The molecule has 0 radical (unpaired) electrons. The zero-order valence-electron chi connectivity index (χ0n) is 13.7. The first-order valence-corrected chi connectivity index (χ1v) is 7.62. The van der Waals surface area contributed by atoms with Gasteiger partial charge >= 0.3 is 11.9 Å². The van der Waals surface area contributed by atoms with Crippen molar-refractivity contribution in [2.24, 2.45) is 0 Å². The number of carbonyl (C=O) groups is 3. The van der Waals surface area contributed by atoms with Gasteiger partial charge in [-0.15, -0.1) is 0 Å². The van der Waals surface area contributed by atoms with Gasteiger partial charge in [-0.1, -0.05) is 12.1 Å². The largest absolute Gasteiger partial charge is 0.469 e. The number of para-hydroxylation sites is 1. The molecule has 0 fully saturated rings. The van der Waals surface area contributed by atoms with Gasteiger partial charge in [0.05, 0.1) is 31.3 Å². The topological polar surface area (TPSA) is 111 Å².